The van der Waals surface area contributed by atoms with Crippen LogP contribution in [0.1, 0.15) is 53.4 Å². The summed E-state index contributed by atoms with van der Waals surface area (Å²) in [4.78, 5) is 50.9. The van der Waals surface area contributed by atoms with Gasteiger partial charge in [0.2, 0.25) is 11.8 Å². The van der Waals surface area contributed by atoms with E-state index in [0.717, 1.165) is 17.7 Å². The van der Waals surface area contributed by atoms with Crippen LogP contribution in [-0.2, 0) is 14.4 Å². The molecule has 1 spiro atoms. The van der Waals surface area contributed by atoms with Gasteiger partial charge in [0.25, 0.3) is 5.91 Å². The Morgan fingerprint density at radius 2 is 1.73 bits per heavy atom. The van der Waals surface area contributed by atoms with Crippen molar-refractivity contribution < 1.29 is 19.2 Å². The van der Waals surface area contributed by atoms with E-state index in [1.165, 1.54) is 0 Å². The van der Waals surface area contributed by atoms with Crippen molar-refractivity contribution in [3.63, 3.8) is 0 Å². The fourth-order valence-electron chi connectivity index (χ4n) is 3.75. The lowest BCUT2D eigenvalue weighted by Crippen LogP contribution is -2.49. The van der Waals surface area contributed by atoms with E-state index < -0.39 is 22.9 Å². The van der Waals surface area contributed by atoms with Gasteiger partial charge in [0.1, 0.15) is 12.1 Å². The standard InChI is InChI=1S/C22H30N4O4/c1-14-8-10-22(11-9-14)19(29)26(20(30)25-22)13-17(27)23-15-6-5-7-16(12-15)24-18(28)21(2,3)4/h5-7,12,14H,8-11,13H2,1-4H3,(H,23,27)(H,24,28)(H,25,30). The number of imide groups is 1. The number of hydrogen-bond donors (Lipinski definition) is 3. The van der Waals surface area contributed by atoms with Crippen LogP contribution in [0.4, 0.5) is 16.2 Å². The molecule has 1 aliphatic heterocycles. The molecule has 8 nitrogen and oxygen atoms in total. The molecule has 30 heavy (non-hydrogen) atoms. The Kier molecular flexibility index (Phi) is 5.87. The van der Waals surface area contributed by atoms with Crippen LogP contribution in [0.5, 0.6) is 0 Å². The van der Waals surface area contributed by atoms with Crippen molar-refractivity contribution >= 4 is 35.1 Å². The van der Waals surface area contributed by atoms with Crippen LogP contribution in [-0.4, -0.2) is 40.7 Å². The maximum absolute atomic E-state index is 12.9. The molecule has 0 atom stereocenters. The number of amides is 5. The van der Waals surface area contributed by atoms with Crippen LogP contribution in [0.3, 0.4) is 0 Å². The largest absolute Gasteiger partial charge is 0.326 e. The molecule has 0 bridgehead atoms. The average molecular weight is 415 g/mol. The van der Waals surface area contributed by atoms with Gasteiger partial charge in [0.15, 0.2) is 0 Å². The van der Waals surface area contributed by atoms with Crippen molar-refractivity contribution in [2.24, 2.45) is 11.3 Å². The third kappa shape index (κ3) is 4.63. The molecule has 3 rings (SSSR count). The fourth-order valence-corrected chi connectivity index (χ4v) is 3.75. The molecule has 1 saturated heterocycles. The number of carbonyl (C=O) groups excluding carboxylic acids is 4. The van der Waals surface area contributed by atoms with Crippen LogP contribution in [0.15, 0.2) is 24.3 Å². The summed E-state index contributed by atoms with van der Waals surface area (Å²) in [6, 6.07) is 6.23. The molecular formula is C22H30N4O4. The van der Waals surface area contributed by atoms with E-state index >= 15 is 0 Å². The zero-order valence-electron chi connectivity index (χ0n) is 18.0. The summed E-state index contributed by atoms with van der Waals surface area (Å²) in [5.41, 5.74) is -0.380. The molecule has 8 heteroatoms. The number of rotatable bonds is 4. The first-order valence-corrected chi connectivity index (χ1v) is 10.4. The summed E-state index contributed by atoms with van der Waals surface area (Å²) >= 11 is 0. The third-order valence-electron chi connectivity index (χ3n) is 5.76. The van der Waals surface area contributed by atoms with Gasteiger partial charge in [0, 0.05) is 16.8 Å². The maximum Gasteiger partial charge on any atom is 0.325 e. The highest BCUT2D eigenvalue weighted by Gasteiger charge is 2.52. The van der Waals surface area contributed by atoms with Crippen molar-refractivity contribution in [1.82, 2.24) is 10.2 Å². The predicted octanol–water partition coefficient (Wildman–Crippen LogP) is 3.11. The third-order valence-corrected chi connectivity index (χ3v) is 5.76. The topological polar surface area (TPSA) is 108 Å². The van der Waals surface area contributed by atoms with Gasteiger partial charge in [-0.1, -0.05) is 33.8 Å². The molecule has 1 aromatic rings. The van der Waals surface area contributed by atoms with Gasteiger partial charge in [-0.25, -0.2) is 4.79 Å². The Morgan fingerprint density at radius 1 is 1.13 bits per heavy atom. The first kappa shape index (κ1) is 21.8. The van der Waals surface area contributed by atoms with Crippen molar-refractivity contribution in [1.29, 1.82) is 0 Å². The molecular weight excluding hydrogens is 384 g/mol. The van der Waals surface area contributed by atoms with E-state index in [4.69, 9.17) is 0 Å². The lowest BCUT2D eigenvalue weighted by Gasteiger charge is -2.33. The predicted molar refractivity (Wildman–Crippen MR) is 114 cm³/mol. The van der Waals surface area contributed by atoms with Gasteiger partial charge in [-0.2, -0.15) is 0 Å². The SMILES string of the molecule is CC1CCC2(CC1)NC(=O)N(CC(=O)Nc1cccc(NC(=O)C(C)(C)C)c1)C2=O. The summed E-state index contributed by atoms with van der Waals surface area (Å²) < 4.78 is 0. The fraction of sp³-hybridized carbons (Fsp3) is 0.545. The van der Waals surface area contributed by atoms with E-state index in [2.05, 4.69) is 22.9 Å². The first-order valence-electron chi connectivity index (χ1n) is 10.4. The minimum atomic E-state index is -0.860. The second kappa shape index (κ2) is 8.08. The molecule has 1 heterocycles. The minimum absolute atomic E-state index is 0.141. The number of urea groups is 1. The van der Waals surface area contributed by atoms with Gasteiger partial charge in [-0.3, -0.25) is 19.3 Å². The van der Waals surface area contributed by atoms with Gasteiger partial charge in [-0.15, -0.1) is 0 Å². The Hall–Kier alpha value is -2.90. The first-order chi connectivity index (χ1) is 14.0. The smallest absolute Gasteiger partial charge is 0.325 e. The molecule has 1 aromatic carbocycles. The summed E-state index contributed by atoms with van der Waals surface area (Å²) in [6.45, 7) is 7.22. The summed E-state index contributed by atoms with van der Waals surface area (Å²) in [5, 5.41) is 8.32. The van der Waals surface area contributed by atoms with E-state index in [1.54, 1.807) is 24.3 Å². The van der Waals surface area contributed by atoms with Crippen molar-refractivity contribution in [3.8, 4) is 0 Å². The van der Waals surface area contributed by atoms with Gasteiger partial charge >= 0.3 is 6.03 Å². The van der Waals surface area contributed by atoms with E-state index in [1.807, 2.05) is 20.8 Å². The maximum atomic E-state index is 12.9. The highest BCUT2D eigenvalue weighted by atomic mass is 16.2. The highest BCUT2D eigenvalue weighted by Crippen LogP contribution is 2.36. The Morgan fingerprint density at radius 3 is 2.33 bits per heavy atom. The Labute approximate surface area is 176 Å². The zero-order valence-corrected chi connectivity index (χ0v) is 18.0. The molecule has 1 aliphatic carbocycles. The average Bonchev–Trinajstić information content (AvgIpc) is 2.88. The van der Waals surface area contributed by atoms with Crippen LogP contribution in [0.25, 0.3) is 0 Å². The summed E-state index contributed by atoms with van der Waals surface area (Å²) in [5.74, 6) is -0.402. The van der Waals surface area contributed by atoms with Crippen molar-refractivity contribution in [2.75, 3.05) is 17.2 Å². The lowest BCUT2D eigenvalue weighted by atomic mass is 9.77. The molecule has 1 saturated carbocycles. The van der Waals surface area contributed by atoms with Crippen LogP contribution < -0.4 is 16.0 Å². The van der Waals surface area contributed by atoms with E-state index in [0.29, 0.717) is 30.1 Å². The van der Waals surface area contributed by atoms with Crippen LogP contribution in [0, 0.1) is 11.3 Å². The molecule has 2 fully saturated rings. The van der Waals surface area contributed by atoms with E-state index in [-0.39, 0.29) is 18.4 Å². The molecule has 2 aliphatic rings. The summed E-state index contributed by atoms with van der Waals surface area (Å²) in [6.07, 6.45) is 2.96. The zero-order chi connectivity index (χ0) is 22.1. The van der Waals surface area contributed by atoms with Crippen molar-refractivity contribution in [3.05, 3.63) is 24.3 Å². The Bertz CT molecular complexity index is 866. The van der Waals surface area contributed by atoms with Gasteiger partial charge in [-0.05, 0) is 49.8 Å². The van der Waals surface area contributed by atoms with Gasteiger partial charge in [0.05, 0.1) is 0 Å². The second-order valence-corrected chi connectivity index (χ2v) is 9.42. The lowest BCUT2D eigenvalue weighted by molar-refractivity contribution is -0.135. The normalized spacial score (nSPS) is 24.0. The number of nitrogens with zero attached hydrogens (tertiary/aromatic N) is 1. The second-order valence-electron chi connectivity index (χ2n) is 9.42. The molecule has 0 unspecified atom stereocenters. The van der Waals surface area contributed by atoms with Crippen LogP contribution in [0.2, 0.25) is 0 Å². The number of hydrogen-bond acceptors (Lipinski definition) is 4. The monoisotopic (exact) mass is 414 g/mol. The highest BCUT2D eigenvalue weighted by molar-refractivity contribution is 6.10. The quantitative estimate of drug-likeness (QED) is 0.658. The molecule has 162 valence electrons. The minimum Gasteiger partial charge on any atom is -0.326 e. The molecule has 0 aromatic heterocycles. The molecule has 5 amide bonds. The summed E-state index contributed by atoms with van der Waals surface area (Å²) in [7, 11) is 0. The van der Waals surface area contributed by atoms with Gasteiger partial charge < -0.3 is 16.0 Å². The Balaban J connectivity index is 1.62. The molecule has 0 radical (unpaired) electrons. The van der Waals surface area contributed by atoms with E-state index in [9.17, 15) is 19.2 Å². The number of anilines is 2. The van der Waals surface area contributed by atoms with Crippen LogP contribution >= 0.6 is 0 Å². The molecule has 3 N–H and O–H groups in total. The number of nitrogens with one attached hydrogen (secondary N) is 3. The van der Waals surface area contributed by atoms with Crippen molar-refractivity contribution in [2.45, 2.75) is 58.9 Å². The number of carbonyl (C=O) groups is 4. The number of benzene rings is 1.